The highest BCUT2D eigenvalue weighted by atomic mass is 16.5. The molecule has 1 aliphatic heterocycles. The predicted octanol–water partition coefficient (Wildman–Crippen LogP) is 3.01. The lowest BCUT2D eigenvalue weighted by molar-refractivity contribution is -0.128. The van der Waals surface area contributed by atoms with Gasteiger partial charge in [-0.1, -0.05) is 30.8 Å². The van der Waals surface area contributed by atoms with Crippen molar-refractivity contribution in [3.05, 3.63) is 66.9 Å². The minimum absolute atomic E-state index is 0.0474. The first-order valence-electron chi connectivity index (χ1n) is 9.38. The van der Waals surface area contributed by atoms with Crippen molar-refractivity contribution in [1.29, 1.82) is 0 Å². The summed E-state index contributed by atoms with van der Waals surface area (Å²) in [5.74, 6) is 2.09. The summed E-state index contributed by atoms with van der Waals surface area (Å²) in [6.45, 7) is 5.86. The first-order valence-corrected chi connectivity index (χ1v) is 9.38. The third-order valence-electron chi connectivity index (χ3n) is 4.72. The van der Waals surface area contributed by atoms with Crippen molar-refractivity contribution in [3.63, 3.8) is 0 Å². The zero-order valence-corrected chi connectivity index (χ0v) is 16.2. The van der Waals surface area contributed by atoms with E-state index in [0.717, 1.165) is 17.9 Å². The number of hydrogen-bond donors (Lipinski definition) is 1. The average molecular weight is 381 g/mol. The van der Waals surface area contributed by atoms with Crippen molar-refractivity contribution < 1.29 is 14.3 Å². The third kappa shape index (κ3) is 5.27. The molecule has 148 valence electrons. The molecule has 1 atom stereocenters. The molecule has 1 unspecified atom stereocenters. The molecule has 0 aliphatic carbocycles. The number of ether oxygens (including phenoxy) is 2. The van der Waals surface area contributed by atoms with Crippen LogP contribution in [0.1, 0.15) is 6.42 Å². The van der Waals surface area contributed by atoms with E-state index in [2.05, 4.69) is 6.58 Å². The number of anilines is 1. The molecule has 1 fully saturated rings. The molecule has 28 heavy (non-hydrogen) atoms. The highest BCUT2D eigenvalue weighted by Crippen LogP contribution is 2.26. The van der Waals surface area contributed by atoms with Gasteiger partial charge in [-0.05, 0) is 30.7 Å². The molecule has 0 saturated carbocycles. The van der Waals surface area contributed by atoms with Crippen molar-refractivity contribution in [1.82, 2.24) is 4.90 Å². The lowest BCUT2D eigenvalue weighted by Crippen LogP contribution is -2.41. The van der Waals surface area contributed by atoms with E-state index < -0.39 is 0 Å². The Hall–Kier alpha value is -2.99. The number of nitrogens with zero attached hydrogens (tertiary/aromatic N) is 2. The Labute approximate surface area is 166 Å². The Morgan fingerprint density at radius 3 is 2.61 bits per heavy atom. The maximum atomic E-state index is 12.7. The molecule has 1 aliphatic rings. The van der Waals surface area contributed by atoms with E-state index in [0.29, 0.717) is 31.1 Å². The van der Waals surface area contributed by atoms with Crippen LogP contribution in [0.25, 0.3) is 0 Å². The van der Waals surface area contributed by atoms with Crippen molar-refractivity contribution in [2.75, 3.05) is 38.2 Å². The van der Waals surface area contributed by atoms with E-state index in [1.165, 1.54) is 0 Å². The van der Waals surface area contributed by atoms with Gasteiger partial charge in [-0.3, -0.25) is 4.79 Å². The first-order chi connectivity index (χ1) is 13.5. The SMILES string of the molecule is C=C(CN(CC(=O)N1CCC(N)C1)c1cccc(Oc2ccccc2)c1)OC. The van der Waals surface area contributed by atoms with Crippen LogP contribution in [0.3, 0.4) is 0 Å². The summed E-state index contributed by atoms with van der Waals surface area (Å²) in [7, 11) is 1.58. The molecule has 2 N–H and O–H groups in total. The molecule has 3 rings (SSSR count). The minimum Gasteiger partial charge on any atom is -0.500 e. The van der Waals surface area contributed by atoms with Crippen molar-refractivity contribution in [2.45, 2.75) is 12.5 Å². The summed E-state index contributed by atoms with van der Waals surface area (Å²) in [6, 6.07) is 17.3. The Balaban J connectivity index is 1.76. The van der Waals surface area contributed by atoms with Gasteiger partial charge in [0, 0.05) is 30.9 Å². The summed E-state index contributed by atoms with van der Waals surface area (Å²) in [5, 5.41) is 0. The zero-order valence-electron chi connectivity index (χ0n) is 16.2. The van der Waals surface area contributed by atoms with Crippen LogP contribution in [0.4, 0.5) is 5.69 Å². The zero-order chi connectivity index (χ0) is 19.9. The number of carbonyl (C=O) groups excluding carboxylic acids is 1. The van der Waals surface area contributed by atoms with Crippen LogP contribution < -0.4 is 15.4 Å². The second kappa shape index (κ2) is 9.28. The normalized spacial score (nSPS) is 15.9. The largest absolute Gasteiger partial charge is 0.500 e. The van der Waals surface area contributed by atoms with Crippen LogP contribution in [0.15, 0.2) is 66.9 Å². The highest BCUT2D eigenvalue weighted by molar-refractivity contribution is 5.82. The maximum absolute atomic E-state index is 12.7. The molecule has 0 radical (unpaired) electrons. The lowest BCUT2D eigenvalue weighted by Gasteiger charge is -2.27. The summed E-state index contributed by atoms with van der Waals surface area (Å²) >= 11 is 0. The van der Waals surface area contributed by atoms with Crippen LogP contribution >= 0.6 is 0 Å². The van der Waals surface area contributed by atoms with Crippen LogP contribution in [0, 0.1) is 0 Å². The van der Waals surface area contributed by atoms with Gasteiger partial charge in [-0.25, -0.2) is 0 Å². The number of amides is 1. The van der Waals surface area contributed by atoms with Gasteiger partial charge in [0.25, 0.3) is 0 Å². The standard InChI is InChI=1S/C22H27N3O3/c1-17(27-2)14-25(16-22(26)24-12-11-18(23)15-24)19-7-6-10-21(13-19)28-20-8-4-3-5-9-20/h3-10,13,18H,1,11-12,14-16,23H2,2H3. The fourth-order valence-corrected chi connectivity index (χ4v) is 3.16. The molecule has 2 aromatic carbocycles. The number of para-hydroxylation sites is 1. The minimum atomic E-state index is 0.0474. The third-order valence-corrected chi connectivity index (χ3v) is 4.72. The summed E-state index contributed by atoms with van der Waals surface area (Å²) in [6.07, 6.45) is 0.844. The molecule has 1 heterocycles. The number of carbonyl (C=O) groups is 1. The molecular formula is C22H27N3O3. The average Bonchev–Trinajstić information content (AvgIpc) is 3.15. The van der Waals surface area contributed by atoms with Crippen LogP contribution in [0.5, 0.6) is 11.5 Å². The van der Waals surface area contributed by atoms with E-state index >= 15 is 0 Å². The first kappa shape index (κ1) is 19.8. The fourth-order valence-electron chi connectivity index (χ4n) is 3.16. The number of rotatable bonds is 8. The molecule has 0 spiro atoms. The van der Waals surface area contributed by atoms with E-state index in [1.807, 2.05) is 64.4 Å². The molecule has 0 aromatic heterocycles. The monoisotopic (exact) mass is 381 g/mol. The number of benzene rings is 2. The second-order valence-electron chi connectivity index (χ2n) is 6.90. The van der Waals surface area contributed by atoms with Crippen LogP contribution in [0.2, 0.25) is 0 Å². The van der Waals surface area contributed by atoms with Gasteiger partial charge in [-0.2, -0.15) is 0 Å². The van der Waals surface area contributed by atoms with Crippen molar-refractivity contribution >= 4 is 11.6 Å². The van der Waals surface area contributed by atoms with Crippen LogP contribution in [-0.2, 0) is 9.53 Å². The van der Waals surface area contributed by atoms with Gasteiger partial charge in [0.15, 0.2) is 0 Å². The van der Waals surface area contributed by atoms with Crippen molar-refractivity contribution in [3.8, 4) is 11.5 Å². The maximum Gasteiger partial charge on any atom is 0.242 e. The molecule has 1 saturated heterocycles. The molecular weight excluding hydrogens is 354 g/mol. The van der Waals surface area contributed by atoms with Crippen molar-refractivity contribution in [2.24, 2.45) is 5.73 Å². The van der Waals surface area contributed by atoms with Gasteiger partial charge in [0.1, 0.15) is 17.3 Å². The summed E-state index contributed by atoms with van der Waals surface area (Å²) < 4.78 is 11.2. The Kier molecular flexibility index (Phi) is 6.55. The van der Waals surface area contributed by atoms with E-state index in [-0.39, 0.29) is 18.5 Å². The van der Waals surface area contributed by atoms with Gasteiger partial charge in [0.2, 0.25) is 5.91 Å². The smallest absolute Gasteiger partial charge is 0.242 e. The number of nitrogens with two attached hydrogens (primary N) is 1. The molecule has 1 amide bonds. The highest BCUT2D eigenvalue weighted by Gasteiger charge is 2.25. The second-order valence-corrected chi connectivity index (χ2v) is 6.90. The van der Waals surface area contributed by atoms with Gasteiger partial charge >= 0.3 is 0 Å². The summed E-state index contributed by atoms with van der Waals surface area (Å²) in [5.41, 5.74) is 6.81. The van der Waals surface area contributed by atoms with E-state index in [9.17, 15) is 4.79 Å². The van der Waals surface area contributed by atoms with Gasteiger partial charge in [0.05, 0.1) is 20.2 Å². The van der Waals surface area contributed by atoms with Crippen LogP contribution in [-0.4, -0.2) is 50.1 Å². The van der Waals surface area contributed by atoms with E-state index in [1.54, 1.807) is 7.11 Å². The van der Waals surface area contributed by atoms with E-state index in [4.69, 9.17) is 15.2 Å². The van der Waals surface area contributed by atoms with Gasteiger partial charge in [-0.15, -0.1) is 0 Å². The molecule has 6 nitrogen and oxygen atoms in total. The predicted molar refractivity (Wildman–Crippen MR) is 110 cm³/mol. The number of methoxy groups -OCH3 is 1. The number of likely N-dealkylation sites (tertiary alicyclic amines) is 1. The Morgan fingerprint density at radius 1 is 1.18 bits per heavy atom. The Morgan fingerprint density at radius 2 is 1.93 bits per heavy atom. The topological polar surface area (TPSA) is 68.0 Å². The Bertz CT molecular complexity index is 810. The lowest BCUT2D eigenvalue weighted by atomic mass is 10.2. The fraction of sp³-hybridized carbons (Fsp3) is 0.318. The quantitative estimate of drug-likeness (QED) is 0.712. The van der Waals surface area contributed by atoms with Gasteiger partial charge < -0.3 is 25.0 Å². The summed E-state index contributed by atoms with van der Waals surface area (Å²) in [4.78, 5) is 16.5. The number of hydrogen-bond acceptors (Lipinski definition) is 5. The molecule has 2 aromatic rings. The molecule has 0 bridgehead atoms. The molecule has 6 heteroatoms.